The van der Waals surface area contributed by atoms with Gasteiger partial charge < -0.3 is 25.5 Å². The number of anilines is 2. The van der Waals surface area contributed by atoms with Crippen molar-refractivity contribution >= 4 is 11.5 Å². The Morgan fingerprint density at radius 3 is 2.40 bits per heavy atom. The van der Waals surface area contributed by atoms with Gasteiger partial charge in [-0.25, -0.2) is 9.37 Å². The molecule has 0 fully saturated rings. The molecule has 0 saturated heterocycles. The van der Waals surface area contributed by atoms with Gasteiger partial charge in [0.15, 0.2) is 11.6 Å². The molecular weight excluding hydrogens is 406 g/mol. The molecule has 1 unspecified atom stereocenters. The number of rotatable bonds is 6. The first-order valence-corrected chi connectivity index (χ1v) is 9.19. The van der Waals surface area contributed by atoms with Crippen molar-refractivity contribution in [2.24, 2.45) is 0 Å². The van der Waals surface area contributed by atoms with Crippen molar-refractivity contribution in [2.75, 3.05) is 29.9 Å². The van der Waals surface area contributed by atoms with Crippen LogP contribution in [-0.2, 0) is 6.18 Å². The van der Waals surface area contributed by atoms with Gasteiger partial charge in [-0.1, -0.05) is 6.08 Å². The maximum Gasteiger partial charge on any atom is 0.416 e. The minimum Gasteiger partial charge on any atom is -0.393 e. The summed E-state index contributed by atoms with van der Waals surface area (Å²) in [5, 5.41) is 31.6. The standard InChI is InChI=1S/C20H21F4N3O3/c21-16-9-13(17(29)11-28)10-25-18(16)27-7-5-12(6-8-27)19(30)26-15-3-1-14(2-4-15)20(22,23)24/h1-5,9-10,17,19,26,28-30H,6-8,11H2/t17-,19?/m1/s1. The van der Waals surface area contributed by atoms with E-state index in [2.05, 4.69) is 10.3 Å². The summed E-state index contributed by atoms with van der Waals surface area (Å²) in [6.07, 6.45) is -3.35. The Labute approximate surface area is 170 Å². The third-order valence-electron chi connectivity index (χ3n) is 4.81. The molecule has 0 aliphatic carbocycles. The van der Waals surface area contributed by atoms with E-state index in [-0.39, 0.29) is 17.9 Å². The summed E-state index contributed by atoms with van der Waals surface area (Å²) >= 11 is 0. The number of pyridine rings is 1. The van der Waals surface area contributed by atoms with E-state index < -0.39 is 36.5 Å². The van der Waals surface area contributed by atoms with E-state index in [4.69, 9.17) is 5.11 Å². The van der Waals surface area contributed by atoms with Crippen LogP contribution in [0.25, 0.3) is 0 Å². The molecule has 162 valence electrons. The van der Waals surface area contributed by atoms with E-state index in [1.807, 2.05) is 0 Å². The summed E-state index contributed by atoms with van der Waals surface area (Å²) in [6.45, 7) is 0.0937. The van der Waals surface area contributed by atoms with Crippen LogP contribution in [0.5, 0.6) is 0 Å². The molecule has 0 radical (unpaired) electrons. The molecule has 2 atom stereocenters. The van der Waals surface area contributed by atoms with Gasteiger partial charge in [0.1, 0.15) is 12.3 Å². The number of benzene rings is 1. The van der Waals surface area contributed by atoms with Crippen LogP contribution in [0.3, 0.4) is 0 Å². The second-order valence-corrected chi connectivity index (χ2v) is 6.87. The minimum absolute atomic E-state index is 0.0874. The highest BCUT2D eigenvalue weighted by Crippen LogP contribution is 2.30. The van der Waals surface area contributed by atoms with E-state index in [9.17, 15) is 27.8 Å². The van der Waals surface area contributed by atoms with E-state index in [1.165, 1.54) is 18.3 Å². The van der Waals surface area contributed by atoms with Crippen molar-refractivity contribution in [3.05, 3.63) is 65.1 Å². The van der Waals surface area contributed by atoms with Crippen LogP contribution >= 0.6 is 0 Å². The Bertz CT molecular complexity index is 903. The highest BCUT2D eigenvalue weighted by atomic mass is 19.4. The van der Waals surface area contributed by atoms with Crippen LogP contribution < -0.4 is 10.2 Å². The van der Waals surface area contributed by atoms with Gasteiger partial charge in [0, 0.05) is 30.5 Å². The number of halogens is 4. The fourth-order valence-corrected chi connectivity index (χ4v) is 3.10. The molecular formula is C20H21F4N3O3. The first-order valence-electron chi connectivity index (χ1n) is 9.19. The lowest BCUT2D eigenvalue weighted by molar-refractivity contribution is -0.137. The lowest BCUT2D eigenvalue weighted by Gasteiger charge is -2.30. The first-order chi connectivity index (χ1) is 14.2. The maximum absolute atomic E-state index is 14.3. The van der Waals surface area contributed by atoms with Crippen molar-refractivity contribution in [1.29, 1.82) is 0 Å². The van der Waals surface area contributed by atoms with Crippen molar-refractivity contribution in [3.8, 4) is 0 Å². The zero-order chi connectivity index (χ0) is 21.9. The molecule has 1 aromatic heterocycles. The Hall–Kier alpha value is -2.69. The molecule has 3 rings (SSSR count). The minimum atomic E-state index is -4.43. The van der Waals surface area contributed by atoms with Gasteiger partial charge in [0.25, 0.3) is 0 Å². The summed E-state index contributed by atoms with van der Waals surface area (Å²) < 4.78 is 52.2. The zero-order valence-corrected chi connectivity index (χ0v) is 15.8. The van der Waals surface area contributed by atoms with Gasteiger partial charge in [0.05, 0.1) is 12.2 Å². The number of nitrogens with one attached hydrogen (secondary N) is 1. The molecule has 1 aromatic carbocycles. The van der Waals surface area contributed by atoms with E-state index >= 15 is 0 Å². The molecule has 0 bridgehead atoms. The molecule has 4 N–H and O–H groups in total. The molecule has 0 amide bonds. The van der Waals surface area contributed by atoms with Crippen LogP contribution in [0.4, 0.5) is 29.1 Å². The monoisotopic (exact) mass is 427 g/mol. The highest BCUT2D eigenvalue weighted by molar-refractivity contribution is 5.48. The van der Waals surface area contributed by atoms with Gasteiger partial charge in [0.2, 0.25) is 0 Å². The van der Waals surface area contributed by atoms with E-state index in [1.54, 1.807) is 11.0 Å². The van der Waals surface area contributed by atoms with Crippen molar-refractivity contribution in [2.45, 2.75) is 24.9 Å². The van der Waals surface area contributed by atoms with Crippen LogP contribution in [0, 0.1) is 5.82 Å². The summed E-state index contributed by atoms with van der Waals surface area (Å²) in [6, 6.07) is 5.45. The topological polar surface area (TPSA) is 88.9 Å². The molecule has 1 aliphatic rings. The number of hydrogen-bond donors (Lipinski definition) is 4. The molecule has 2 aromatic rings. The third-order valence-corrected chi connectivity index (χ3v) is 4.81. The number of alkyl halides is 3. The van der Waals surface area contributed by atoms with Crippen molar-refractivity contribution < 1.29 is 32.9 Å². The SMILES string of the molecule is OC[C@@H](O)c1cnc(N2CC=C(C(O)Nc3ccc(C(F)(F)F)cc3)CC2)c(F)c1. The Balaban J connectivity index is 1.63. The average Bonchev–Trinajstić information content (AvgIpc) is 2.73. The predicted octanol–water partition coefficient (Wildman–Crippen LogP) is 2.83. The lowest BCUT2D eigenvalue weighted by atomic mass is 10.1. The van der Waals surface area contributed by atoms with E-state index in [0.29, 0.717) is 24.2 Å². The number of nitrogens with zero attached hydrogens (tertiary/aromatic N) is 2. The Morgan fingerprint density at radius 1 is 1.17 bits per heavy atom. The average molecular weight is 427 g/mol. The van der Waals surface area contributed by atoms with E-state index in [0.717, 1.165) is 18.2 Å². The van der Waals surface area contributed by atoms with Gasteiger partial charge in [-0.2, -0.15) is 13.2 Å². The largest absolute Gasteiger partial charge is 0.416 e. The van der Waals surface area contributed by atoms with Crippen LogP contribution in [0.2, 0.25) is 0 Å². The van der Waals surface area contributed by atoms with Crippen LogP contribution in [-0.4, -0.2) is 46.2 Å². The second-order valence-electron chi connectivity index (χ2n) is 6.87. The van der Waals surface area contributed by atoms with Crippen LogP contribution in [0.1, 0.15) is 23.7 Å². The van der Waals surface area contributed by atoms with Gasteiger partial charge in [-0.15, -0.1) is 0 Å². The highest BCUT2D eigenvalue weighted by Gasteiger charge is 2.30. The lowest BCUT2D eigenvalue weighted by Crippen LogP contribution is -2.34. The molecule has 30 heavy (non-hydrogen) atoms. The summed E-state index contributed by atoms with van der Waals surface area (Å²) in [4.78, 5) is 5.67. The molecule has 0 saturated carbocycles. The number of hydrogen-bond acceptors (Lipinski definition) is 6. The molecule has 0 spiro atoms. The van der Waals surface area contributed by atoms with Gasteiger partial charge in [-0.3, -0.25) is 0 Å². The number of aromatic nitrogens is 1. The quantitative estimate of drug-likeness (QED) is 0.322. The van der Waals surface area contributed by atoms with Crippen LogP contribution in [0.15, 0.2) is 48.2 Å². The smallest absolute Gasteiger partial charge is 0.393 e. The fourth-order valence-electron chi connectivity index (χ4n) is 3.10. The molecule has 10 heteroatoms. The Morgan fingerprint density at radius 2 is 1.87 bits per heavy atom. The maximum atomic E-state index is 14.3. The second kappa shape index (κ2) is 8.99. The molecule has 1 aliphatic heterocycles. The Kier molecular flexibility index (Phi) is 6.59. The zero-order valence-electron chi connectivity index (χ0n) is 15.8. The van der Waals surface area contributed by atoms with Crippen molar-refractivity contribution in [1.82, 2.24) is 4.98 Å². The predicted molar refractivity (Wildman–Crippen MR) is 102 cm³/mol. The van der Waals surface area contributed by atoms with Gasteiger partial charge >= 0.3 is 6.18 Å². The molecule has 6 nitrogen and oxygen atoms in total. The normalized spacial score (nSPS) is 16.8. The summed E-state index contributed by atoms with van der Waals surface area (Å²) in [7, 11) is 0. The van der Waals surface area contributed by atoms with Gasteiger partial charge in [-0.05, 0) is 42.3 Å². The first kappa shape index (κ1) is 22.0. The van der Waals surface area contributed by atoms with Crippen molar-refractivity contribution in [3.63, 3.8) is 0 Å². The summed E-state index contributed by atoms with van der Waals surface area (Å²) in [5.74, 6) is -0.551. The third kappa shape index (κ3) is 5.07. The summed E-state index contributed by atoms with van der Waals surface area (Å²) in [5.41, 5.74) is 0.355. The molecule has 2 heterocycles. The number of aliphatic hydroxyl groups is 3. The fraction of sp³-hybridized carbons (Fsp3) is 0.350. The number of aliphatic hydroxyl groups excluding tert-OH is 3.